The fourth-order valence-electron chi connectivity index (χ4n) is 3.49. The number of nitriles is 1. The first-order valence-electron chi connectivity index (χ1n) is 9.78. The van der Waals surface area contributed by atoms with E-state index in [1.54, 1.807) is 12.1 Å². The number of hydrogen-bond acceptors (Lipinski definition) is 5. The Kier molecular flexibility index (Phi) is 5.47. The standard InChI is InChI=1S/C24H21N3O2S/c1-4-29-18-11-9-17(10-12-18)23(28)16(3)30-22-13-15(2)19(14-25)24-26-20-7-5-6-8-21(20)27(22)24/h5-13,16H,4H2,1-3H3/t16-/m0/s1. The third kappa shape index (κ3) is 3.53. The van der Waals surface area contributed by atoms with Crippen molar-refractivity contribution in [2.24, 2.45) is 0 Å². The second-order valence-electron chi connectivity index (χ2n) is 6.99. The maximum atomic E-state index is 13.0. The number of imidazole rings is 1. The molecule has 6 heteroatoms. The summed E-state index contributed by atoms with van der Waals surface area (Å²) in [4.78, 5) is 17.7. The van der Waals surface area contributed by atoms with E-state index >= 15 is 0 Å². The van der Waals surface area contributed by atoms with Crippen LogP contribution in [-0.2, 0) is 0 Å². The van der Waals surface area contributed by atoms with Crippen LogP contribution in [-0.4, -0.2) is 27.0 Å². The topological polar surface area (TPSA) is 67.4 Å². The highest BCUT2D eigenvalue weighted by Crippen LogP contribution is 2.32. The Bertz CT molecular complexity index is 1290. The van der Waals surface area contributed by atoms with Gasteiger partial charge in [-0.15, -0.1) is 0 Å². The molecule has 0 aliphatic carbocycles. The summed E-state index contributed by atoms with van der Waals surface area (Å²) < 4.78 is 7.44. The van der Waals surface area contributed by atoms with Gasteiger partial charge in [0.1, 0.15) is 11.8 Å². The van der Waals surface area contributed by atoms with Crippen LogP contribution in [0.5, 0.6) is 5.75 Å². The van der Waals surface area contributed by atoms with Crippen LogP contribution >= 0.6 is 11.8 Å². The number of ketones is 1. The number of ether oxygens (including phenoxy) is 1. The van der Waals surface area contributed by atoms with Gasteiger partial charge in [-0.3, -0.25) is 9.20 Å². The Morgan fingerprint density at radius 1 is 1.23 bits per heavy atom. The van der Waals surface area contributed by atoms with Gasteiger partial charge in [0.15, 0.2) is 11.4 Å². The minimum Gasteiger partial charge on any atom is -0.494 e. The average Bonchev–Trinajstić information content (AvgIpc) is 3.13. The van der Waals surface area contributed by atoms with Crippen molar-refractivity contribution in [3.63, 3.8) is 0 Å². The number of pyridine rings is 1. The summed E-state index contributed by atoms with van der Waals surface area (Å²) >= 11 is 1.48. The van der Waals surface area contributed by atoms with E-state index in [0.717, 1.165) is 27.4 Å². The van der Waals surface area contributed by atoms with Crippen LogP contribution in [0.4, 0.5) is 0 Å². The van der Waals surface area contributed by atoms with Crippen LogP contribution in [0.1, 0.15) is 35.3 Å². The third-order valence-corrected chi connectivity index (χ3v) is 6.08. The molecule has 0 aliphatic heterocycles. The van der Waals surface area contributed by atoms with E-state index in [4.69, 9.17) is 4.74 Å². The van der Waals surface area contributed by atoms with Crippen LogP contribution in [0.15, 0.2) is 59.6 Å². The minimum absolute atomic E-state index is 0.0441. The summed E-state index contributed by atoms with van der Waals surface area (Å²) in [6, 6.07) is 19.3. The molecule has 1 atom stereocenters. The molecule has 2 aromatic carbocycles. The molecular weight excluding hydrogens is 394 g/mol. The fraction of sp³-hybridized carbons (Fsp3) is 0.208. The molecule has 2 heterocycles. The van der Waals surface area contributed by atoms with Gasteiger partial charge >= 0.3 is 0 Å². The molecule has 0 saturated heterocycles. The van der Waals surface area contributed by atoms with Crippen LogP contribution in [0.3, 0.4) is 0 Å². The normalized spacial score (nSPS) is 12.1. The summed E-state index contributed by atoms with van der Waals surface area (Å²) in [6.45, 7) is 6.33. The number of thioether (sulfide) groups is 1. The molecule has 0 bridgehead atoms. The van der Waals surface area contributed by atoms with Gasteiger partial charge in [-0.25, -0.2) is 4.98 Å². The van der Waals surface area contributed by atoms with Crippen molar-refractivity contribution in [1.82, 2.24) is 9.38 Å². The van der Waals surface area contributed by atoms with E-state index in [0.29, 0.717) is 23.4 Å². The number of benzene rings is 2. The highest BCUT2D eigenvalue weighted by Gasteiger charge is 2.21. The SMILES string of the molecule is CCOc1ccc(C(=O)[C@H](C)Sc2cc(C)c(C#N)c3nc4ccccc4n23)cc1. The number of aryl methyl sites for hydroxylation is 1. The highest BCUT2D eigenvalue weighted by molar-refractivity contribution is 8.00. The van der Waals surface area contributed by atoms with Crippen molar-refractivity contribution >= 4 is 34.2 Å². The first-order chi connectivity index (χ1) is 14.5. The van der Waals surface area contributed by atoms with E-state index < -0.39 is 0 Å². The number of Topliss-reactive ketones (excluding diaryl/α,β-unsaturated/α-hetero) is 1. The number of fused-ring (bicyclic) bond motifs is 3. The maximum Gasteiger partial charge on any atom is 0.175 e. The Balaban J connectivity index is 1.73. The van der Waals surface area contributed by atoms with Gasteiger partial charge in [0, 0.05) is 5.56 Å². The predicted molar refractivity (Wildman–Crippen MR) is 119 cm³/mol. The number of carbonyl (C=O) groups is 1. The van der Waals surface area contributed by atoms with Crippen molar-refractivity contribution < 1.29 is 9.53 Å². The van der Waals surface area contributed by atoms with E-state index in [2.05, 4.69) is 11.1 Å². The number of nitrogens with zero attached hydrogens (tertiary/aromatic N) is 3. The average molecular weight is 416 g/mol. The number of carbonyl (C=O) groups excluding carboxylic acids is 1. The molecule has 30 heavy (non-hydrogen) atoms. The van der Waals surface area contributed by atoms with Crippen molar-refractivity contribution in [1.29, 1.82) is 5.26 Å². The molecule has 150 valence electrons. The lowest BCUT2D eigenvalue weighted by atomic mass is 10.1. The van der Waals surface area contributed by atoms with E-state index in [9.17, 15) is 10.1 Å². The second kappa shape index (κ2) is 8.21. The van der Waals surface area contributed by atoms with E-state index in [-0.39, 0.29) is 11.0 Å². The molecule has 0 N–H and O–H groups in total. The van der Waals surface area contributed by atoms with E-state index in [1.807, 2.05) is 67.6 Å². The summed E-state index contributed by atoms with van der Waals surface area (Å²) in [7, 11) is 0. The van der Waals surface area contributed by atoms with Gasteiger partial charge in [0.2, 0.25) is 0 Å². The quantitative estimate of drug-likeness (QED) is 0.310. The van der Waals surface area contributed by atoms with Crippen LogP contribution in [0, 0.1) is 18.3 Å². The number of aromatic nitrogens is 2. The molecule has 0 unspecified atom stereocenters. The summed E-state index contributed by atoms with van der Waals surface area (Å²) in [5.41, 5.74) is 4.43. The van der Waals surface area contributed by atoms with Crippen molar-refractivity contribution in [2.45, 2.75) is 31.0 Å². The maximum absolute atomic E-state index is 13.0. The van der Waals surface area contributed by atoms with Crippen LogP contribution in [0.2, 0.25) is 0 Å². The van der Waals surface area contributed by atoms with Gasteiger partial charge in [-0.2, -0.15) is 5.26 Å². The molecule has 4 rings (SSSR count). The summed E-state index contributed by atoms with van der Waals surface area (Å²) in [5, 5.41) is 10.2. The molecule has 0 aliphatic rings. The largest absolute Gasteiger partial charge is 0.494 e. The Morgan fingerprint density at radius 2 is 1.97 bits per heavy atom. The number of hydrogen-bond donors (Lipinski definition) is 0. The zero-order valence-electron chi connectivity index (χ0n) is 17.0. The number of rotatable bonds is 6. The lowest BCUT2D eigenvalue weighted by Crippen LogP contribution is -2.14. The molecule has 5 nitrogen and oxygen atoms in total. The Labute approximate surface area is 179 Å². The third-order valence-electron chi connectivity index (χ3n) is 4.97. The van der Waals surface area contributed by atoms with Gasteiger partial charge in [0.05, 0.1) is 33.5 Å². The van der Waals surface area contributed by atoms with Gasteiger partial charge in [0.25, 0.3) is 0 Å². The van der Waals surface area contributed by atoms with Crippen molar-refractivity contribution in [3.05, 3.63) is 71.3 Å². The fourth-order valence-corrected chi connectivity index (χ4v) is 4.63. The minimum atomic E-state index is -0.306. The van der Waals surface area contributed by atoms with Crippen LogP contribution < -0.4 is 4.74 Å². The summed E-state index contributed by atoms with van der Waals surface area (Å²) in [6.07, 6.45) is 0. The van der Waals surface area contributed by atoms with Crippen molar-refractivity contribution in [3.8, 4) is 11.8 Å². The van der Waals surface area contributed by atoms with Gasteiger partial charge in [-0.1, -0.05) is 23.9 Å². The highest BCUT2D eigenvalue weighted by atomic mass is 32.2. The zero-order chi connectivity index (χ0) is 21.3. The number of para-hydroxylation sites is 2. The predicted octanol–water partition coefficient (Wildman–Crippen LogP) is 5.43. The Morgan fingerprint density at radius 3 is 2.67 bits per heavy atom. The molecule has 0 radical (unpaired) electrons. The first kappa shape index (κ1) is 20.0. The molecular formula is C24H21N3O2S. The lowest BCUT2D eigenvalue weighted by Gasteiger charge is -2.14. The molecule has 0 spiro atoms. The van der Waals surface area contributed by atoms with Crippen molar-refractivity contribution in [2.75, 3.05) is 6.61 Å². The van der Waals surface area contributed by atoms with Crippen LogP contribution in [0.25, 0.3) is 16.7 Å². The molecule has 0 saturated carbocycles. The molecule has 0 amide bonds. The summed E-state index contributed by atoms with van der Waals surface area (Å²) in [5.74, 6) is 0.797. The van der Waals surface area contributed by atoms with Gasteiger partial charge in [-0.05, 0) is 68.8 Å². The molecule has 4 aromatic rings. The zero-order valence-corrected chi connectivity index (χ0v) is 17.9. The van der Waals surface area contributed by atoms with E-state index in [1.165, 1.54) is 11.8 Å². The molecule has 2 aromatic heterocycles. The lowest BCUT2D eigenvalue weighted by molar-refractivity contribution is 0.0994. The van der Waals surface area contributed by atoms with Gasteiger partial charge < -0.3 is 4.74 Å². The smallest absolute Gasteiger partial charge is 0.175 e. The first-order valence-corrected chi connectivity index (χ1v) is 10.7. The second-order valence-corrected chi connectivity index (χ2v) is 8.35. The molecule has 0 fully saturated rings. The monoisotopic (exact) mass is 415 g/mol. The Hall–Kier alpha value is -3.30.